The fraction of sp³-hybridized carbons (Fsp3) is 0.533. The van der Waals surface area contributed by atoms with Crippen molar-refractivity contribution in [2.75, 3.05) is 13.2 Å². The summed E-state index contributed by atoms with van der Waals surface area (Å²) in [7, 11) is 0. The lowest BCUT2D eigenvalue weighted by atomic mass is 9.99. The molecule has 0 aromatic heterocycles. The molecule has 18 heavy (non-hydrogen) atoms. The number of carbonyl (C=O) groups excluding carboxylic acids is 1. The Labute approximate surface area is 109 Å². The molecule has 0 radical (unpaired) electrons. The third-order valence-electron chi connectivity index (χ3n) is 3.49. The largest absolute Gasteiger partial charge is 0.381 e. The molecule has 1 aromatic carbocycles. The number of hydrogen-bond acceptors (Lipinski definition) is 2. The van der Waals surface area contributed by atoms with Gasteiger partial charge in [-0.2, -0.15) is 0 Å². The minimum atomic E-state index is 0.133. The number of rotatable bonds is 4. The first-order chi connectivity index (χ1) is 8.79. The van der Waals surface area contributed by atoms with E-state index in [0.29, 0.717) is 19.8 Å². The smallest absolute Gasteiger partial charge is 0.223 e. The van der Waals surface area contributed by atoms with Crippen molar-refractivity contribution in [3.63, 3.8) is 0 Å². The molecule has 98 valence electrons. The lowest BCUT2D eigenvalue weighted by molar-refractivity contribution is -0.128. The third-order valence-corrected chi connectivity index (χ3v) is 3.49. The standard InChI is InChI=1S/C15H21NO2/c1-2-12-3-5-13(6-4-12)11-16-15(17)14-7-9-18-10-8-14/h3-6,14H,2,7-11H2,1H3,(H,16,17). The quantitative estimate of drug-likeness (QED) is 0.886. The summed E-state index contributed by atoms with van der Waals surface area (Å²) in [4.78, 5) is 11.9. The van der Waals surface area contributed by atoms with Gasteiger partial charge in [-0.15, -0.1) is 0 Å². The van der Waals surface area contributed by atoms with Gasteiger partial charge in [-0.25, -0.2) is 0 Å². The van der Waals surface area contributed by atoms with E-state index in [-0.39, 0.29) is 11.8 Å². The highest BCUT2D eigenvalue weighted by molar-refractivity contribution is 5.78. The number of carbonyl (C=O) groups is 1. The summed E-state index contributed by atoms with van der Waals surface area (Å²) < 4.78 is 5.26. The molecule has 0 saturated carbocycles. The predicted molar refractivity (Wildman–Crippen MR) is 71.2 cm³/mol. The van der Waals surface area contributed by atoms with Crippen molar-refractivity contribution in [3.8, 4) is 0 Å². The molecule has 1 aliphatic heterocycles. The molecule has 0 aliphatic carbocycles. The molecule has 1 N–H and O–H groups in total. The number of aryl methyl sites for hydroxylation is 1. The van der Waals surface area contributed by atoms with Gasteiger partial charge in [0.25, 0.3) is 0 Å². The van der Waals surface area contributed by atoms with Crippen LogP contribution in [0.5, 0.6) is 0 Å². The van der Waals surface area contributed by atoms with E-state index >= 15 is 0 Å². The second-order valence-electron chi connectivity index (χ2n) is 4.77. The van der Waals surface area contributed by atoms with Crippen LogP contribution in [0, 0.1) is 5.92 Å². The highest BCUT2D eigenvalue weighted by Crippen LogP contribution is 2.14. The van der Waals surface area contributed by atoms with Gasteiger partial charge < -0.3 is 10.1 Å². The fourth-order valence-corrected chi connectivity index (χ4v) is 2.19. The summed E-state index contributed by atoms with van der Waals surface area (Å²) in [6.45, 7) is 4.19. The Morgan fingerprint density at radius 3 is 2.44 bits per heavy atom. The van der Waals surface area contributed by atoms with Crippen LogP contribution in [-0.2, 0) is 22.5 Å². The van der Waals surface area contributed by atoms with Crippen molar-refractivity contribution < 1.29 is 9.53 Å². The number of hydrogen-bond donors (Lipinski definition) is 1. The SMILES string of the molecule is CCc1ccc(CNC(=O)C2CCOCC2)cc1. The Morgan fingerprint density at radius 1 is 1.22 bits per heavy atom. The second kappa shape index (κ2) is 6.55. The molecular weight excluding hydrogens is 226 g/mol. The van der Waals surface area contributed by atoms with Crippen molar-refractivity contribution in [3.05, 3.63) is 35.4 Å². The molecule has 2 rings (SSSR count). The predicted octanol–water partition coefficient (Wildman–Crippen LogP) is 2.29. The molecule has 0 unspecified atom stereocenters. The highest BCUT2D eigenvalue weighted by Gasteiger charge is 2.20. The molecule has 1 aromatic rings. The van der Waals surface area contributed by atoms with Gasteiger partial charge in [0.2, 0.25) is 5.91 Å². The van der Waals surface area contributed by atoms with E-state index in [0.717, 1.165) is 24.8 Å². The number of amides is 1. The molecule has 3 heteroatoms. The van der Waals surface area contributed by atoms with Gasteiger partial charge in [0.1, 0.15) is 0 Å². The maximum atomic E-state index is 11.9. The Morgan fingerprint density at radius 2 is 1.83 bits per heavy atom. The Balaban J connectivity index is 1.80. The fourth-order valence-electron chi connectivity index (χ4n) is 2.19. The minimum Gasteiger partial charge on any atom is -0.381 e. The number of benzene rings is 1. The average Bonchev–Trinajstić information content (AvgIpc) is 2.46. The van der Waals surface area contributed by atoms with Gasteiger partial charge in [-0.1, -0.05) is 31.2 Å². The molecule has 3 nitrogen and oxygen atoms in total. The minimum absolute atomic E-state index is 0.133. The normalized spacial score (nSPS) is 16.5. The van der Waals surface area contributed by atoms with Crippen molar-refractivity contribution in [2.24, 2.45) is 5.92 Å². The van der Waals surface area contributed by atoms with E-state index in [4.69, 9.17) is 4.74 Å². The highest BCUT2D eigenvalue weighted by atomic mass is 16.5. The molecule has 1 saturated heterocycles. The topological polar surface area (TPSA) is 38.3 Å². The average molecular weight is 247 g/mol. The maximum absolute atomic E-state index is 11.9. The van der Waals surface area contributed by atoms with E-state index in [1.54, 1.807) is 0 Å². The molecular formula is C15H21NO2. The van der Waals surface area contributed by atoms with Crippen LogP contribution in [0.4, 0.5) is 0 Å². The van der Waals surface area contributed by atoms with Crippen LogP contribution < -0.4 is 5.32 Å². The summed E-state index contributed by atoms with van der Waals surface area (Å²) in [5.74, 6) is 0.298. The van der Waals surface area contributed by atoms with Crippen molar-refractivity contribution in [1.29, 1.82) is 0 Å². The molecule has 1 aliphatic rings. The van der Waals surface area contributed by atoms with Crippen LogP contribution >= 0.6 is 0 Å². The van der Waals surface area contributed by atoms with Crippen molar-refractivity contribution in [2.45, 2.75) is 32.7 Å². The van der Waals surface area contributed by atoms with Gasteiger partial charge in [-0.05, 0) is 30.4 Å². The first-order valence-electron chi connectivity index (χ1n) is 6.73. The van der Waals surface area contributed by atoms with Crippen molar-refractivity contribution >= 4 is 5.91 Å². The zero-order chi connectivity index (χ0) is 12.8. The van der Waals surface area contributed by atoms with E-state index in [9.17, 15) is 4.79 Å². The summed E-state index contributed by atoms with van der Waals surface area (Å²) in [5, 5.41) is 3.01. The van der Waals surface area contributed by atoms with E-state index in [2.05, 4.69) is 36.5 Å². The first-order valence-corrected chi connectivity index (χ1v) is 6.73. The molecule has 0 bridgehead atoms. The van der Waals surface area contributed by atoms with Crippen LogP contribution in [0.25, 0.3) is 0 Å². The van der Waals surface area contributed by atoms with Gasteiger partial charge in [0, 0.05) is 25.7 Å². The lowest BCUT2D eigenvalue weighted by Gasteiger charge is -2.21. The molecule has 1 fully saturated rings. The third kappa shape index (κ3) is 3.57. The Bertz CT molecular complexity index is 380. The maximum Gasteiger partial charge on any atom is 0.223 e. The number of nitrogens with one attached hydrogen (secondary N) is 1. The zero-order valence-electron chi connectivity index (χ0n) is 10.9. The monoisotopic (exact) mass is 247 g/mol. The Hall–Kier alpha value is -1.35. The number of ether oxygens (including phenoxy) is 1. The summed E-state index contributed by atoms with van der Waals surface area (Å²) in [5.41, 5.74) is 2.49. The van der Waals surface area contributed by atoms with Crippen LogP contribution in [0.15, 0.2) is 24.3 Å². The second-order valence-corrected chi connectivity index (χ2v) is 4.77. The molecule has 0 atom stereocenters. The summed E-state index contributed by atoms with van der Waals surface area (Å²) in [6.07, 6.45) is 2.75. The van der Waals surface area contributed by atoms with Crippen molar-refractivity contribution in [1.82, 2.24) is 5.32 Å². The van der Waals surface area contributed by atoms with Crippen LogP contribution in [-0.4, -0.2) is 19.1 Å². The van der Waals surface area contributed by atoms with E-state index < -0.39 is 0 Å². The zero-order valence-corrected chi connectivity index (χ0v) is 10.9. The van der Waals surface area contributed by atoms with E-state index in [1.807, 2.05) is 0 Å². The Kier molecular flexibility index (Phi) is 4.76. The van der Waals surface area contributed by atoms with Gasteiger partial charge in [0.15, 0.2) is 0 Å². The first kappa shape index (κ1) is 13.1. The van der Waals surface area contributed by atoms with Crippen LogP contribution in [0.2, 0.25) is 0 Å². The van der Waals surface area contributed by atoms with Crippen LogP contribution in [0.1, 0.15) is 30.9 Å². The molecule has 0 spiro atoms. The lowest BCUT2D eigenvalue weighted by Crippen LogP contribution is -2.33. The van der Waals surface area contributed by atoms with Gasteiger partial charge in [-0.3, -0.25) is 4.79 Å². The van der Waals surface area contributed by atoms with Gasteiger partial charge in [0.05, 0.1) is 0 Å². The summed E-state index contributed by atoms with van der Waals surface area (Å²) in [6, 6.07) is 8.41. The molecule has 1 amide bonds. The summed E-state index contributed by atoms with van der Waals surface area (Å²) >= 11 is 0. The molecule has 1 heterocycles. The van der Waals surface area contributed by atoms with Gasteiger partial charge >= 0.3 is 0 Å². The van der Waals surface area contributed by atoms with Crippen LogP contribution in [0.3, 0.4) is 0 Å². The van der Waals surface area contributed by atoms with E-state index in [1.165, 1.54) is 5.56 Å².